The second kappa shape index (κ2) is 6.33. The maximum absolute atomic E-state index is 13.3. The SMILES string of the molecule is CC[C@@H](N)C(=O)N1CCO[C@H](c2ccc(F)c(C)c2)C1. The molecule has 5 heteroatoms. The molecule has 1 aliphatic heterocycles. The molecule has 110 valence electrons. The number of amides is 1. The second-order valence-electron chi connectivity index (χ2n) is 5.17. The van der Waals surface area contributed by atoms with E-state index < -0.39 is 6.04 Å². The van der Waals surface area contributed by atoms with Gasteiger partial charge in [0.25, 0.3) is 0 Å². The van der Waals surface area contributed by atoms with Gasteiger partial charge in [0.05, 0.1) is 19.2 Å². The lowest BCUT2D eigenvalue weighted by molar-refractivity contribution is -0.140. The van der Waals surface area contributed by atoms with E-state index >= 15 is 0 Å². The number of rotatable bonds is 3. The number of halogens is 1. The Labute approximate surface area is 118 Å². The van der Waals surface area contributed by atoms with Crippen molar-refractivity contribution in [3.63, 3.8) is 0 Å². The Morgan fingerprint density at radius 2 is 2.35 bits per heavy atom. The number of carbonyl (C=O) groups is 1. The molecule has 1 amide bonds. The molecule has 1 saturated heterocycles. The minimum atomic E-state index is -0.455. The van der Waals surface area contributed by atoms with Crippen molar-refractivity contribution < 1.29 is 13.9 Å². The summed E-state index contributed by atoms with van der Waals surface area (Å²) < 4.78 is 19.0. The number of hydrogen-bond donors (Lipinski definition) is 1. The van der Waals surface area contributed by atoms with Gasteiger partial charge in [-0.25, -0.2) is 4.39 Å². The molecule has 1 aromatic rings. The third-order valence-electron chi connectivity index (χ3n) is 3.69. The van der Waals surface area contributed by atoms with Crippen LogP contribution in [0.25, 0.3) is 0 Å². The molecule has 1 heterocycles. The first-order valence-corrected chi connectivity index (χ1v) is 6.95. The Kier molecular flexibility index (Phi) is 4.73. The van der Waals surface area contributed by atoms with Gasteiger partial charge in [0, 0.05) is 6.54 Å². The number of morpholine rings is 1. The Balaban J connectivity index is 2.10. The predicted octanol–water partition coefficient (Wildman–Crippen LogP) is 1.77. The van der Waals surface area contributed by atoms with E-state index in [-0.39, 0.29) is 17.8 Å². The third kappa shape index (κ3) is 3.16. The molecule has 4 nitrogen and oxygen atoms in total. The van der Waals surface area contributed by atoms with E-state index in [1.807, 2.05) is 6.92 Å². The highest BCUT2D eigenvalue weighted by atomic mass is 19.1. The van der Waals surface area contributed by atoms with Crippen LogP contribution in [0, 0.1) is 12.7 Å². The number of ether oxygens (including phenoxy) is 1. The van der Waals surface area contributed by atoms with Gasteiger partial charge in [-0.05, 0) is 30.5 Å². The van der Waals surface area contributed by atoms with Crippen LogP contribution in [0.3, 0.4) is 0 Å². The first-order chi connectivity index (χ1) is 9.52. The van der Waals surface area contributed by atoms with Gasteiger partial charge in [-0.1, -0.05) is 19.1 Å². The van der Waals surface area contributed by atoms with E-state index in [4.69, 9.17) is 10.5 Å². The van der Waals surface area contributed by atoms with Crippen molar-refractivity contribution in [2.45, 2.75) is 32.4 Å². The van der Waals surface area contributed by atoms with Crippen molar-refractivity contribution in [2.75, 3.05) is 19.7 Å². The number of nitrogens with zero attached hydrogens (tertiary/aromatic N) is 1. The van der Waals surface area contributed by atoms with Gasteiger partial charge in [0.1, 0.15) is 11.9 Å². The zero-order chi connectivity index (χ0) is 14.7. The van der Waals surface area contributed by atoms with Crippen LogP contribution in [0.1, 0.15) is 30.6 Å². The molecule has 2 N–H and O–H groups in total. The van der Waals surface area contributed by atoms with Crippen LogP contribution < -0.4 is 5.73 Å². The van der Waals surface area contributed by atoms with Crippen LogP contribution >= 0.6 is 0 Å². The third-order valence-corrected chi connectivity index (χ3v) is 3.69. The average Bonchev–Trinajstić information content (AvgIpc) is 2.48. The van der Waals surface area contributed by atoms with Crippen molar-refractivity contribution in [2.24, 2.45) is 5.73 Å². The summed E-state index contributed by atoms with van der Waals surface area (Å²) in [6.07, 6.45) is 0.410. The fourth-order valence-corrected chi connectivity index (χ4v) is 2.33. The fraction of sp³-hybridized carbons (Fsp3) is 0.533. The lowest BCUT2D eigenvalue weighted by Crippen LogP contribution is -2.49. The molecule has 2 rings (SSSR count). The number of hydrogen-bond acceptors (Lipinski definition) is 3. The molecule has 20 heavy (non-hydrogen) atoms. The van der Waals surface area contributed by atoms with E-state index in [1.54, 1.807) is 24.0 Å². The van der Waals surface area contributed by atoms with E-state index in [2.05, 4.69) is 0 Å². The predicted molar refractivity (Wildman–Crippen MR) is 74.7 cm³/mol. The van der Waals surface area contributed by atoms with E-state index in [9.17, 15) is 9.18 Å². The second-order valence-corrected chi connectivity index (χ2v) is 5.17. The van der Waals surface area contributed by atoms with Crippen LogP contribution in [0.4, 0.5) is 4.39 Å². The van der Waals surface area contributed by atoms with E-state index in [0.29, 0.717) is 31.7 Å². The summed E-state index contributed by atoms with van der Waals surface area (Å²) >= 11 is 0. The minimum Gasteiger partial charge on any atom is -0.370 e. The summed E-state index contributed by atoms with van der Waals surface area (Å²) in [4.78, 5) is 13.8. The average molecular weight is 280 g/mol. The smallest absolute Gasteiger partial charge is 0.239 e. The largest absolute Gasteiger partial charge is 0.370 e. The molecule has 0 saturated carbocycles. The Hall–Kier alpha value is -1.46. The number of benzene rings is 1. The van der Waals surface area contributed by atoms with Crippen molar-refractivity contribution in [3.8, 4) is 0 Å². The normalized spacial score (nSPS) is 20.8. The van der Waals surface area contributed by atoms with Gasteiger partial charge in [-0.2, -0.15) is 0 Å². The highest BCUT2D eigenvalue weighted by Gasteiger charge is 2.27. The van der Waals surface area contributed by atoms with Gasteiger partial charge in [-0.15, -0.1) is 0 Å². The fourth-order valence-electron chi connectivity index (χ4n) is 2.33. The highest BCUT2D eigenvalue weighted by Crippen LogP contribution is 2.24. The molecule has 1 fully saturated rings. The molecule has 1 aromatic carbocycles. The minimum absolute atomic E-state index is 0.0420. The van der Waals surface area contributed by atoms with Crippen molar-refractivity contribution in [1.82, 2.24) is 4.90 Å². The van der Waals surface area contributed by atoms with Crippen molar-refractivity contribution in [3.05, 3.63) is 35.1 Å². The quantitative estimate of drug-likeness (QED) is 0.918. The Morgan fingerprint density at radius 3 is 3.00 bits per heavy atom. The number of carbonyl (C=O) groups excluding carboxylic acids is 1. The summed E-state index contributed by atoms with van der Waals surface area (Å²) in [7, 11) is 0. The molecule has 0 aromatic heterocycles. The molecule has 1 aliphatic rings. The number of nitrogens with two attached hydrogens (primary N) is 1. The molecular weight excluding hydrogens is 259 g/mol. The summed E-state index contributed by atoms with van der Waals surface area (Å²) in [5.41, 5.74) is 7.27. The van der Waals surface area contributed by atoms with Crippen LogP contribution in [0.5, 0.6) is 0 Å². The molecule has 0 bridgehead atoms. The van der Waals surface area contributed by atoms with Gasteiger partial charge in [-0.3, -0.25) is 4.79 Å². The zero-order valence-corrected chi connectivity index (χ0v) is 11.9. The Bertz CT molecular complexity index is 493. The maximum Gasteiger partial charge on any atom is 0.239 e. The van der Waals surface area contributed by atoms with Gasteiger partial charge in [0.2, 0.25) is 5.91 Å². The molecule has 0 aliphatic carbocycles. The molecule has 2 atom stereocenters. The standard InChI is InChI=1S/C15H21FN2O2/c1-3-13(17)15(19)18-6-7-20-14(9-18)11-4-5-12(16)10(2)8-11/h4-5,8,13-14H,3,6-7,9,17H2,1-2H3/t13-,14+/m1/s1. The summed E-state index contributed by atoms with van der Waals surface area (Å²) in [5, 5.41) is 0. The maximum atomic E-state index is 13.3. The summed E-state index contributed by atoms with van der Waals surface area (Å²) in [5.74, 6) is -0.273. The molecule has 0 radical (unpaired) electrons. The van der Waals surface area contributed by atoms with E-state index in [1.165, 1.54) is 6.07 Å². The molecule has 0 unspecified atom stereocenters. The monoisotopic (exact) mass is 280 g/mol. The first kappa shape index (κ1) is 14.9. The van der Waals surface area contributed by atoms with Crippen LogP contribution in [-0.2, 0) is 9.53 Å². The van der Waals surface area contributed by atoms with Crippen molar-refractivity contribution in [1.29, 1.82) is 0 Å². The summed E-state index contributed by atoms with van der Waals surface area (Å²) in [6, 6.07) is 4.46. The molecular formula is C15H21FN2O2. The lowest BCUT2D eigenvalue weighted by Gasteiger charge is -2.34. The Morgan fingerprint density at radius 1 is 1.60 bits per heavy atom. The molecule has 0 spiro atoms. The van der Waals surface area contributed by atoms with E-state index in [0.717, 1.165) is 5.56 Å². The summed E-state index contributed by atoms with van der Waals surface area (Å²) in [6.45, 7) is 5.12. The van der Waals surface area contributed by atoms with Gasteiger partial charge < -0.3 is 15.4 Å². The first-order valence-electron chi connectivity index (χ1n) is 6.95. The highest BCUT2D eigenvalue weighted by molar-refractivity contribution is 5.81. The number of aryl methyl sites for hydroxylation is 1. The van der Waals surface area contributed by atoms with Crippen LogP contribution in [0.15, 0.2) is 18.2 Å². The lowest BCUT2D eigenvalue weighted by atomic mass is 10.0. The topological polar surface area (TPSA) is 55.6 Å². The van der Waals surface area contributed by atoms with Gasteiger partial charge in [0.15, 0.2) is 0 Å². The van der Waals surface area contributed by atoms with Crippen molar-refractivity contribution >= 4 is 5.91 Å². The van der Waals surface area contributed by atoms with Gasteiger partial charge >= 0.3 is 0 Å². The van der Waals surface area contributed by atoms with Crippen LogP contribution in [-0.4, -0.2) is 36.5 Å². The van der Waals surface area contributed by atoms with Crippen LogP contribution in [0.2, 0.25) is 0 Å². The zero-order valence-electron chi connectivity index (χ0n) is 11.9.